The van der Waals surface area contributed by atoms with E-state index in [9.17, 15) is 16.8 Å². The van der Waals surface area contributed by atoms with Crippen molar-refractivity contribution in [3.05, 3.63) is 24.3 Å². The lowest BCUT2D eigenvalue weighted by Crippen LogP contribution is -2.15. The molecular formula is C9H12N2O6S2. The van der Waals surface area contributed by atoms with E-state index in [4.69, 9.17) is 4.55 Å². The molecule has 0 amide bonds. The van der Waals surface area contributed by atoms with Crippen molar-refractivity contribution in [1.29, 1.82) is 0 Å². The van der Waals surface area contributed by atoms with Gasteiger partial charge in [-0.3, -0.25) is 4.55 Å². The Morgan fingerprint density at radius 2 is 1.74 bits per heavy atom. The van der Waals surface area contributed by atoms with E-state index in [0.717, 1.165) is 0 Å². The van der Waals surface area contributed by atoms with Crippen LogP contribution in [0.15, 0.2) is 39.4 Å². The fraction of sp³-hybridized carbons (Fsp3) is 0.333. The van der Waals surface area contributed by atoms with Gasteiger partial charge in [0, 0.05) is 7.05 Å². The summed E-state index contributed by atoms with van der Waals surface area (Å²) in [6, 6.07) is 5.58. The molecule has 0 saturated heterocycles. The highest BCUT2D eigenvalue weighted by atomic mass is 32.3. The van der Waals surface area contributed by atoms with Crippen molar-refractivity contribution in [2.45, 2.75) is 4.90 Å². The molecule has 8 nitrogen and oxygen atoms in total. The van der Waals surface area contributed by atoms with Crippen LogP contribution < -0.4 is 0 Å². The van der Waals surface area contributed by atoms with Crippen LogP contribution in [0.25, 0.3) is 0 Å². The van der Waals surface area contributed by atoms with Crippen molar-refractivity contribution in [3.63, 3.8) is 0 Å². The minimum Gasteiger partial charge on any atom is -0.264 e. The van der Waals surface area contributed by atoms with Crippen LogP contribution in [0, 0.1) is 0 Å². The van der Waals surface area contributed by atoms with Gasteiger partial charge in [0.1, 0.15) is 0 Å². The molecule has 0 fully saturated rings. The van der Waals surface area contributed by atoms with Gasteiger partial charge in [0.2, 0.25) is 0 Å². The van der Waals surface area contributed by atoms with Gasteiger partial charge in [-0.25, -0.2) is 12.6 Å². The van der Waals surface area contributed by atoms with E-state index in [2.05, 4.69) is 14.4 Å². The Hall–Kier alpha value is -1.36. The number of hydrogen-bond acceptors (Lipinski definition) is 7. The number of nitrogens with zero attached hydrogens (tertiary/aromatic N) is 2. The number of benzene rings is 1. The molecule has 0 atom stereocenters. The van der Waals surface area contributed by atoms with E-state index in [1.165, 1.54) is 31.3 Å². The average Bonchev–Trinajstić information content (AvgIpc) is 2.28. The second-order valence-corrected chi connectivity index (χ2v) is 6.56. The van der Waals surface area contributed by atoms with Crippen LogP contribution in [0.5, 0.6) is 0 Å². The van der Waals surface area contributed by atoms with Crippen molar-refractivity contribution < 1.29 is 25.6 Å². The van der Waals surface area contributed by atoms with Crippen LogP contribution >= 0.6 is 0 Å². The molecule has 0 spiro atoms. The Labute approximate surface area is 111 Å². The fourth-order valence-electron chi connectivity index (χ4n) is 1.20. The van der Waals surface area contributed by atoms with Gasteiger partial charge in [-0.2, -0.15) is 18.6 Å². The summed E-state index contributed by atoms with van der Waals surface area (Å²) in [4.78, 5) is 0.00138. The summed E-state index contributed by atoms with van der Waals surface area (Å²) in [7, 11) is -6.84. The van der Waals surface area contributed by atoms with Crippen molar-refractivity contribution in [2.24, 2.45) is 10.2 Å². The maximum absolute atomic E-state index is 11.8. The van der Waals surface area contributed by atoms with E-state index >= 15 is 0 Å². The van der Waals surface area contributed by atoms with Crippen molar-refractivity contribution in [1.82, 2.24) is 0 Å². The van der Waals surface area contributed by atoms with Crippen molar-refractivity contribution in [2.75, 3.05) is 19.4 Å². The number of rotatable bonds is 6. The fourth-order valence-corrected chi connectivity index (χ4v) is 2.69. The second kappa shape index (κ2) is 6.19. The maximum atomic E-state index is 11.8. The van der Waals surface area contributed by atoms with E-state index < -0.39 is 32.6 Å². The lowest BCUT2D eigenvalue weighted by Gasteiger charge is -2.04. The Bertz CT molecular complexity index is 648. The summed E-state index contributed by atoms with van der Waals surface area (Å²) in [6.45, 7) is -0.655. The van der Waals surface area contributed by atoms with Gasteiger partial charge in [0.05, 0.1) is 22.9 Å². The minimum atomic E-state index is -4.63. The zero-order chi connectivity index (χ0) is 14.5. The minimum absolute atomic E-state index is 0.00138. The molecule has 0 bridgehead atoms. The van der Waals surface area contributed by atoms with Gasteiger partial charge in [-0.1, -0.05) is 0 Å². The molecule has 1 aromatic rings. The molecule has 10 heteroatoms. The lowest BCUT2D eigenvalue weighted by atomic mass is 10.3. The predicted molar refractivity (Wildman–Crippen MR) is 66.4 cm³/mol. The molecule has 0 aromatic heterocycles. The first-order valence-corrected chi connectivity index (χ1v) is 8.01. The number of hydrogen-bond donors (Lipinski definition) is 1. The van der Waals surface area contributed by atoms with Gasteiger partial charge < -0.3 is 0 Å². The van der Waals surface area contributed by atoms with Gasteiger partial charge in [0.15, 0.2) is 9.84 Å². The molecular weight excluding hydrogens is 296 g/mol. The summed E-state index contributed by atoms with van der Waals surface area (Å²) >= 11 is 0. The first-order valence-electron chi connectivity index (χ1n) is 4.99. The highest BCUT2D eigenvalue weighted by Crippen LogP contribution is 2.17. The Balaban J connectivity index is 2.77. The third-order valence-electron chi connectivity index (χ3n) is 2.00. The summed E-state index contributed by atoms with van der Waals surface area (Å²) in [5.74, 6) is -0.568. The van der Waals surface area contributed by atoms with Gasteiger partial charge in [-0.15, -0.1) is 0 Å². The highest BCUT2D eigenvalue weighted by Gasteiger charge is 2.16. The van der Waals surface area contributed by atoms with Gasteiger partial charge in [-0.05, 0) is 24.3 Å². The van der Waals surface area contributed by atoms with Crippen LogP contribution in [0.2, 0.25) is 0 Å². The Morgan fingerprint density at radius 3 is 2.21 bits per heavy atom. The van der Waals surface area contributed by atoms with Crippen LogP contribution in [0.3, 0.4) is 0 Å². The smallest absolute Gasteiger partial charge is 0.264 e. The SMILES string of the molecule is C/N=N/c1ccc(S(=O)(=O)CCOS(=O)(=O)O)cc1. The Morgan fingerprint density at radius 1 is 1.16 bits per heavy atom. The number of sulfone groups is 1. The quantitative estimate of drug-likeness (QED) is 0.617. The predicted octanol–water partition coefficient (Wildman–Crippen LogP) is 0.993. The van der Waals surface area contributed by atoms with Crippen molar-refractivity contribution in [3.8, 4) is 0 Å². The Kier molecular flexibility index (Phi) is 5.11. The summed E-state index contributed by atoms with van der Waals surface area (Å²) in [5.41, 5.74) is 0.496. The zero-order valence-electron chi connectivity index (χ0n) is 9.92. The lowest BCUT2D eigenvalue weighted by molar-refractivity contribution is 0.284. The van der Waals surface area contributed by atoms with Crippen molar-refractivity contribution >= 4 is 25.9 Å². The topological polar surface area (TPSA) is 122 Å². The normalized spacial score (nSPS) is 12.9. The monoisotopic (exact) mass is 308 g/mol. The van der Waals surface area contributed by atoms with Gasteiger partial charge >= 0.3 is 10.4 Å². The molecule has 0 aliphatic heterocycles. The molecule has 1 rings (SSSR count). The third kappa shape index (κ3) is 5.42. The average molecular weight is 308 g/mol. The molecule has 106 valence electrons. The largest absolute Gasteiger partial charge is 0.397 e. The standard InChI is InChI=1S/C9H12N2O6S2/c1-10-11-8-2-4-9(5-3-8)18(12,13)7-6-17-19(14,15)16/h2-5H,6-7H2,1H3,(H,14,15,16)/b11-10+. The second-order valence-electron chi connectivity index (χ2n) is 3.36. The van der Waals surface area contributed by atoms with E-state index in [-0.39, 0.29) is 4.90 Å². The third-order valence-corrected chi connectivity index (χ3v) is 4.15. The first kappa shape index (κ1) is 15.7. The van der Waals surface area contributed by atoms with Crippen LogP contribution in [0.1, 0.15) is 0 Å². The molecule has 0 heterocycles. The van der Waals surface area contributed by atoms with Crippen LogP contribution in [-0.4, -0.2) is 40.8 Å². The molecule has 0 aliphatic carbocycles. The van der Waals surface area contributed by atoms with Crippen LogP contribution in [-0.2, 0) is 24.4 Å². The maximum Gasteiger partial charge on any atom is 0.397 e. The zero-order valence-corrected chi connectivity index (χ0v) is 11.6. The number of azo groups is 1. The highest BCUT2D eigenvalue weighted by molar-refractivity contribution is 7.91. The first-order chi connectivity index (χ1) is 8.74. The summed E-state index contributed by atoms with van der Waals surface area (Å²) in [5, 5.41) is 7.25. The summed E-state index contributed by atoms with van der Waals surface area (Å²) in [6.07, 6.45) is 0. The van der Waals surface area contributed by atoms with E-state index in [0.29, 0.717) is 5.69 Å². The van der Waals surface area contributed by atoms with Crippen LogP contribution in [0.4, 0.5) is 5.69 Å². The van der Waals surface area contributed by atoms with Gasteiger partial charge in [0.25, 0.3) is 0 Å². The van der Waals surface area contributed by atoms with E-state index in [1.807, 2.05) is 0 Å². The molecule has 0 unspecified atom stereocenters. The van der Waals surface area contributed by atoms with E-state index in [1.54, 1.807) is 0 Å². The molecule has 1 aromatic carbocycles. The molecule has 19 heavy (non-hydrogen) atoms. The molecule has 1 N–H and O–H groups in total. The molecule has 0 aliphatic rings. The molecule has 0 radical (unpaired) electrons. The molecule has 0 saturated carbocycles. The summed E-state index contributed by atoms with van der Waals surface area (Å²) < 4.78 is 56.4.